The summed E-state index contributed by atoms with van der Waals surface area (Å²) < 4.78 is 0. The van der Waals surface area contributed by atoms with Crippen LogP contribution in [0, 0.1) is 13.8 Å². The van der Waals surface area contributed by atoms with Crippen LogP contribution in [0.4, 0.5) is 5.00 Å². The minimum Gasteiger partial charge on any atom is -0.389 e. The van der Waals surface area contributed by atoms with Crippen LogP contribution in [0.1, 0.15) is 11.1 Å². The molecule has 0 atom stereocenters. The highest BCUT2D eigenvalue weighted by Crippen LogP contribution is 2.36. The molecule has 0 saturated heterocycles. The number of aromatic nitrogens is 1. The number of hydrogen-bond acceptors (Lipinski definition) is 3. The van der Waals surface area contributed by atoms with Gasteiger partial charge >= 0.3 is 0 Å². The molecule has 20 heavy (non-hydrogen) atoms. The lowest BCUT2D eigenvalue weighted by molar-refractivity contribution is 1.35. The number of hydrogen-bond donors (Lipinski definition) is 1. The summed E-state index contributed by atoms with van der Waals surface area (Å²) in [5.41, 5.74) is 11.7. The zero-order valence-electron chi connectivity index (χ0n) is 11.6. The van der Waals surface area contributed by atoms with Crippen molar-refractivity contribution in [2.75, 3.05) is 5.73 Å². The van der Waals surface area contributed by atoms with Crippen molar-refractivity contribution >= 4 is 16.3 Å². The first-order chi connectivity index (χ1) is 9.63. The monoisotopic (exact) mass is 280 g/mol. The maximum absolute atomic E-state index is 6.17. The molecule has 0 amide bonds. The minimum absolute atomic E-state index is 0.772. The van der Waals surface area contributed by atoms with Gasteiger partial charge in [-0.05, 0) is 26.0 Å². The number of thiazole rings is 1. The summed E-state index contributed by atoms with van der Waals surface area (Å²) in [6.07, 6.45) is 0. The van der Waals surface area contributed by atoms with Gasteiger partial charge in [-0.25, -0.2) is 4.98 Å². The maximum Gasteiger partial charge on any atom is 0.126 e. The first-order valence-electron chi connectivity index (χ1n) is 6.54. The molecule has 0 saturated carbocycles. The zero-order chi connectivity index (χ0) is 14.1. The van der Waals surface area contributed by atoms with Crippen molar-refractivity contribution in [3.05, 3.63) is 59.7 Å². The van der Waals surface area contributed by atoms with Gasteiger partial charge in [-0.1, -0.05) is 58.9 Å². The second-order valence-electron chi connectivity index (χ2n) is 4.97. The molecule has 1 heterocycles. The molecule has 3 rings (SSSR count). The van der Waals surface area contributed by atoms with Crippen LogP contribution in [0.15, 0.2) is 48.5 Å². The normalized spacial score (nSPS) is 10.7. The van der Waals surface area contributed by atoms with Gasteiger partial charge in [0.15, 0.2) is 0 Å². The van der Waals surface area contributed by atoms with Crippen LogP contribution >= 0.6 is 11.3 Å². The van der Waals surface area contributed by atoms with Crippen LogP contribution in [-0.4, -0.2) is 4.98 Å². The summed E-state index contributed by atoms with van der Waals surface area (Å²) in [4.78, 5) is 4.73. The molecule has 3 aromatic rings. The lowest BCUT2D eigenvalue weighted by atomic mass is 10.1. The first kappa shape index (κ1) is 12.9. The maximum atomic E-state index is 6.17. The predicted molar refractivity (Wildman–Crippen MR) is 86.9 cm³/mol. The van der Waals surface area contributed by atoms with Crippen LogP contribution in [0.3, 0.4) is 0 Å². The molecule has 0 bridgehead atoms. The highest BCUT2D eigenvalue weighted by atomic mass is 32.1. The Labute approximate surface area is 122 Å². The van der Waals surface area contributed by atoms with E-state index in [2.05, 4.69) is 44.2 Å². The van der Waals surface area contributed by atoms with Gasteiger partial charge in [0.25, 0.3) is 0 Å². The van der Waals surface area contributed by atoms with Crippen LogP contribution in [-0.2, 0) is 0 Å². The molecule has 0 aliphatic rings. The van der Waals surface area contributed by atoms with Crippen molar-refractivity contribution in [3.63, 3.8) is 0 Å². The quantitative estimate of drug-likeness (QED) is 0.740. The summed E-state index contributed by atoms with van der Waals surface area (Å²) in [7, 11) is 0. The molecule has 0 aliphatic carbocycles. The van der Waals surface area contributed by atoms with E-state index in [-0.39, 0.29) is 0 Å². The van der Waals surface area contributed by atoms with E-state index in [1.54, 1.807) is 11.3 Å². The smallest absolute Gasteiger partial charge is 0.126 e. The van der Waals surface area contributed by atoms with Crippen molar-refractivity contribution in [2.45, 2.75) is 13.8 Å². The van der Waals surface area contributed by atoms with E-state index >= 15 is 0 Å². The summed E-state index contributed by atoms with van der Waals surface area (Å²) in [6, 6.07) is 16.6. The second-order valence-corrected chi connectivity index (χ2v) is 6.00. The van der Waals surface area contributed by atoms with Gasteiger partial charge in [0.1, 0.15) is 15.7 Å². The van der Waals surface area contributed by atoms with Gasteiger partial charge in [0.2, 0.25) is 0 Å². The molecular weight excluding hydrogens is 264 g/mol. The van der Waals surface area contributed by atoms with Gasteiger partial charge in [-0.3, -0.25) is 0 Å². The standard InChI is InChI=1S/C17H16N2S/c1-11-8-12(2)10-14(9-11)15-16(18)20-17(19-15)13-6-4-3-5-7-13/h3-10H,18H2,1-2H3. The second kappa shape index (κ2) is 5.10. The third-order valence-electron chi connectivity index (χ3n) is 3.17. The van der Waals surface area contributed by atoms with E-state index < -0.39 is 0 Å². The molecule has 2 aromatic carbocycles. The Bertz CT molecular complexity index is 725. The number of anilines is 1. The lowest BCUT2D eigenvalue weighted by Gasteiger charge is -2.03. The Kier molecular flexibility index (Phi) is 3.28. The van der Waals surface area contributed by atoms with Gasteiger partial charge < -0.3 is 5.73 Å². The molecule has 0 unspecified atom stereocenters. The Hall–Kier alpha value is -2.13. The fourth-order valence-corrected chi connectivity index (χ4v) is 3.21. The number of rotatable bonds is 2. The SMILES string of the molecule is Cc1cc(C)cc(-c2nc(-c3ccccc3)sc2N)c1. The predicted octanol–water partition coefficient (Wildman–Crippen LogP) is 4.68. The Morgan fingerprint density at radius 1 is 0.900 bits per heavy atom. The molecule has 1 aromatic heterocycles. The summed E-state index contributed by atoms with van der Waals surface area (Å²) in [5, 5.41) is 1.74. The van der Waals surface area contributed by atoms with Gasteiger partial charge in [0.05, 0.1) is 0 Å². The third kappa shape index (κ3) is 2.45. The highest BCUT2D eigenvalue weighted by molar-refractivity contribution is 7.19. The van der Waals surface area contributed by atoms with E-state index in [0.717, 1.165) is 26.8 Å². The van der Waals surface area contributed by atoms with E-state index in [1.165, 1.54) is 11.1 Å². The molecule has 2 nitrogen and oxygen atoms in total. The zero-order valence-corrected chi connectivity index (χ0v) is 12.4. The van der Waals surface area contributed by atoms with Crippen LogP contribution in [0.25, 0.3) is 21.8 Å². The van der Waals surface area contributed by atoms with Crippen molar-refractivity contribution in [3.8, 4) is 21.8 Å². The fourth-order valence-electron chi connectivity index (χ4n) is 2.35. The summed E-state index contributed by atoms with van der Waals surface area (Å²) in [6.45, 7) is 4.19. The Balaban J connectivity index is 2.09. The van der Waals surface area contributed by atoms with Crippen LogP contribution in [0.2, 0.25) is 0 Å². The molecule has 0 fully saturated rings. The fraction of sp³-hybridized carbons (Fsp3) is 0.118. The molecule has 100 valence electrons. The topological polar surface area (TPSA) is 38.9 Å². The van der Waals surface area contributed by atoms with Crippen molar-refractivity contribution in [1.82, 2.24) is 4.98 Å². The number of benzene rings is 2. The molecule has 0 aliphatic heterocycles. The minimum atomic E-state index is 0.772. The number of nitrogens with zero attached hydrogens (tertiary/aromatic N) is 1. The third-order valence-corrected chi connectivity index (χ3v) is 4.10. The van der Waals surface area contributed by atoms with Gasteiger partial charge in [-0.2, -0.15) is 0 Å². The number of nitrogens with two attached hydrogens (primary N) is 1. The van der Waals surface area contributed by atoms with E-state index in [4.69, 9.17) is 10.7 Å². The van der Waals surface area contributed by atoms with Crippen LogP contribution < -0.4 is 5.73 Å². The average molecular weight is 280 g/mol. The molecule has 2 N–H and O–H groups in total. The van der Waals surface area contributed by atoms with Crippen LogP contribution in [0.5, 0.6) is 0 Å². The van der Waals surface area contributed by atoms with Crippen molar-refractivity contribution in [2.24, 2.45) is 0 Å². The lowest BCUT2D eigenvalue weighted by Crippen LogP contribution is -1.88. The molecule has 0 radical (unpaired) electrons. The average Bonchev–Trinajstić information content (AvgIpc) is 2.81. The highest BCUT2D eigenvalue weighted by Gasteiger charge is 2.12. The van der Waals surface area contributed by atoms with E-state index in [1.807, 2.05) is 18.2 Å². The number of nitrogen functional groups attached to an aromatic ring is 1. The summed E-state index contributed by atoms with van der Waals surface area (Å²) >= 11 is 1.54. The number of aryl methyl sites for hydroxylation is 2. The Morgan fingerprint density at radius 2 is 1.55 bits per heavy atom. The first-order valence-corrected chi connectivity index (χ1v) is 7.35. The summed E-state index contributed by atoms with van der Waals surface area (Å²) in [5.74, 6) is 0. The van der Waals surface area contributed by atoms with Crippen molar-refractivity contribution < 1.29 is 0 Å². The van der Waals surface area contributed by atoms with E-state index in [0.29, 0.717) is 0 Å². The van der Waals surface area contributed by atoms with Gasteiger partial charge in [-0.15, -0.1) is 0 Å². The van der Waals surface area contributed by atoms with E-state index in [9.17, 15) is 0 Å². The molecule has 3 heteroatoms. The molecule has 0 spiro atoms. The van der Waals surface area contributed by atoms with Gasteiger partial charge in [0, 0.05) is 11.1 Å². The molecular formula is C17H16N2S. The largest absolute Gasteiger partial charge is 0.389 e. The van der Waals surface area contributed by atoms with Crippen molar-refractivity contribution in [1.29, 1.82) is 0 Å². The Morgan fingerprint density at radius 3 is 2.20 bits per heavy atom.